The molecule has 0 heterocycles. The van der Waals surface area contributed by atoms with Crippen LogP contribution in [0.3, 0.4) is 0 Å². The largest absolute Gasteiger partial charge is 0.458 e. The van der Waals surface area contributed by atoms with Crippen LogP contribution in [0, 0.1) is 0 Å². The number of rotatable bonds is 6. The molecular formula is C9H12O4. The molecule has 0 atom stereocenters. The van der Waals surface area contributed by atoms with Crippen LogP contribution in [0.5, 0.6) is 0 Å². The fourth-order valence-corrected chi connectivity index (χ4v) is 0.582. The second-order valence-electron chi connectivity index (χ2n) is 2.53. The van der Waals surface area contributed by atoms with E-state index in [1.807, 2.05) is 0 Å². The molecule has 0 amide bonds. The molecule has 13 heavy (non-hydrogen) atoms. The minimum absolute atomic E-state index is 0.00185. The first-order chi connectivity index (χ1) is 6.06. The Labute approximate surface area is 76.6 Å². The third kappa shape index (κ3) is 6.93. The van der Waals surface area contributed by atoms with Crippen molar-refractivity contribution in [1.82, 2.24) is 0 Å². The molecule has 0 radical (unpaired) electrons. The van der Waals surface area contributed by atoms with Gasteiger partial charge in [-0.15, -0.1) is 0 Å². The zero-order valence-corrected chi connectivity index (χ0v) is 7.54. The minimum Gasteiger partial charge on any atom is -0.458 e. The highest BCUT2D eigenvalue weighted by Gasteiger charge is 2.06. The lowest BCUT2D eigenvalue weighted by molar-refractivity contribution is -0.148. The molecular weight excluding hydrogens is 172 g/mol. The number of allylic oxidation sites excluding steroid dienone is 1. The van der Waals surface area contributed by atoms with Gasteiger partial charge in [-0.3, -0.25) is 14.4 Å². The maximum Gasteiger partial charge on any atom is 0.306 e. The van der Waals surface area contributed by atoms with Gasteiger partial charge < -0.3 is 4.74 Å². The third-order valence-corrected chi connectivity index (χ3v) is 1.24. The lowest BCUT2D eigenvalue weighted by atomic mass is 10.2. The van der Waals surface area contributed by atoms with Crippen molar-refractivity contribution in [1.29, 1.82) is 0 Å². The van der Waals surface area contributed by atoms with E-state index in [-0.39, 0.29) is 31.0 Å². The molecule has 72 valence electrons. The predicted octanol–water partition coefficient (Wildman–Crippen LogP) is 0.654. The van der Waals surface area contributed by atoms with Gasteiger partial charge in [0.1, 0.15) is 6.61 Å². The summed E-state index contributed by atoms with van der Waals surface area (Å²) >= 11 is 0. The molecule has 0 aromatic rings. The van der Waals surface area contributed by atoms with E-state index in [1.54, 1.807) is 0 Å². The van der Waals surface area contributed by atoms with Gasteiger partial charge in [0.15, 0.2) is 11.6 Å². The number of hydrogen-bond donors (Lipinski definition) is 0. The summed E-state index contributed by atoms with van der Waals surface area (Å²) in [6, 6.07) is 0. The fourth-order valence-electron chi connectivity index (χ4n) is 0.582. The highest BCUT2D eigenvalue weighted by atomic mass is 16.5. The van der Waals surface area contributed by atoms with Crippen molar-refractivity contribution in [3.63, 3.8) is 0 Å². The first-order valence-electron chi connectivity index (χ1n) is 3.86. The van der Waals surface area contributed by atoms with Gasteiger partial charge in [-0.1, -0.05) is 6.58 Å². The number of carbonyl (C=O) groups excluding carboxylic acids is 3. The van der Waals surface area contributed by atoms with Crippen LogP contribution in [-0.4, -0.2) is 24.1 Å². The van der Waals surface area contributed by atoms with Crippen molar-refractivity contribution in [3.8, 4) is 0 Å². The van der Waals surface area contributed by atoms with Gasteiger partial charge in [0.05, 0.1) is 6.42 Å². The summed E-state index contributed by atoms with van der Waals surface area (Å²) in [5.74, 6) is -0.964. The highest BCUT2D eigenvalue weighted by Crippen LogP contribution is 1.94. The summed E-state index contributed by atoms with van der Waals surface area (Å²) in [5, 5.41) is 0. The second kappa shape index (κ2) is 6.11. The molecule has 0 unspecified atom stereocenters. The van der Waals surface area contributed by atoms with Crippen molar-refractivity contribution in [3.05, 3.63) is 12.7 Å². The fraction of sp³-hybridized carbons (Fsp3) is 0.444. The van der Waals surface area contributed by atoms with Crippen molar-refractivity contribution in [2.24, 2.45) is 0 Å². The summed E-state index contributed by atoms with van der Waals surface area (Å²) in [6.07, 6.45) is 1.23. The molecule has 0 spiro atoms. The minimum atomic E-state index is -0.537. The average Bonchev–Trinajstić information content (AvgIpc) is 2.10. The topological polar surface area (TPSA) is 60.4 Å². The number of hydrogen-bond acceptors (Lipinski definition) is 4. The van der Waals surface area contributed by atoms with E-state index in [0.717, 1.165) is 6.08 Å². The van der Waals surface area contributed by atoms with E-state index < -0.39 is 5.97 Å². The Morgan fingerprint density at radius 1 is 1.31 bits per heavy atom. The predicted molar refractivity (Wildman–Crippen MR) is 46.1 cm³/mol. The highest BCUT2D eigenvalue weighted by molar-refractivity contribution is 5.91. The number of ketones is 2. The summed E-state index contributed by atoms with van der Waals surface area (Å²) in [7, 11) is 0. The molecule has 0 saturated heterocycles. The molecule has 0 aliphatic rings. The van der Waals surface area contributed by atoms with Crippen LogP contribution >= 0.6 is 0 Å². The standard InChI is InChI=1S/C9H12O4/c1-3-8(11)4-5-9(12)13-6-7(2)10/h3H,1,4-6H2,2H3. The Hall–Kier alpha value is -1.45. The van der Waals surface area contributed by atoms with Crippen molar-refractivity contribution in [2.45, 2.75) is 19.8 Å². The molecule has 0 aromatic heterocycles. The zero-order valence-electron chi connectivity index (χ0n) is 7.54. The average molecular weight is 184 g/mol. The molecule has 4 heteroatoms. The molecule has 0 fully saturated rings. The molecule has 4 nitrogen and oxygen atoms in total. The van der Waals surface area contributed by atoms with Crippen LogP contribution in [-0.2, 0) is 19.1 Å². The Kier molecular flexibility index (Phi) is 5.43. The van der Waals surface area contributed by atoms with E-state index in [9.17, 15) is 14.4 Å². The van der Waals surface area contributed by atoms with Gasteiger partial charge in [-0.05, 0) is 13.0 Å². The maximum absolute atomic E-state index is 10.8. The van der Waals surface area contributed by atoms with Gasteiger partial charge in [0.25, 0.3) is 0 Å². The van der Waals surface area contributed by atoms with Gasteiger partial charge in [0.2, 0.25) is 0 Å². The monoisotopic (exact) mass is 184 g/mol. The van der Waals surface area contributed by atoms with Gasteiger partial charge in [0, 0.05) is 6.42 Å². The quantitative estimate of drug-likeness (QED) is 0.449. The summed E-state index contributed by atoms with van der Waals surface area (Å²) in [5.41, 5.74) is 0. The van der Waals surface area contributed by atoms with E-state index in [4.69, 9.17) is 0 Å². The summed E-state index contributed by atoms with van der Waals surface area (Å²) < 4.78 is 4.52. The first-order valence-corrected chi connectivity index (χ1v) is 3.86. The Morgan fingerprint density at radius 2 is 1.92 bits per heavy atom. The molecule has 0 saturated carbocycles. The van der Waals surface area contributed by atoms with E-state index in [2.05, 4.69) is 11.3 Å². The Balaban J connectivity index is 3.57. The zero-order chi connectivity index (χ0) is 10.3. The van der Waals surface area contributed by atoms with Crippen LogP contribution in [0.15, 0.2) is 12.7 Å². The second-order valence-corrected chi connectivity index (χ2v) is 2.53. The third-order valence-electron chi connectivity index (χ3n) is 1.24. The van der Waals surface area contributed by atoms with E-state index >= 15 is 0 Å². The number of esters is 1. The summed E-state index contributed by atoms with van der Waals surface area (Å²) in [4.78, 5) is 31.9. The SMILES string of the molecule is C=CC(=O)CCC(=O)OCC(C)=O. The van der Waals surface area contributed by atoms with Gasteiger partial charge in [-0.25, -0.2) is 0 Å². The van der Waals surface area contributed by atoms with Crippen LogP contribution in [0.4, 0.5) is 0 Å². The van der Waals surface area contributed by atoms with E-state index in [0.29, 0.717) is 0 Å². The van der Waals surface area contributed by atoms with Crippen LogP contribution in [0.1, 0.15) is 19.8 Å². The normalized spacial score (nSPS) is 9.00. The van der Waals surface area contributed by atoms with Gasteiger partial charge in [-0.2, -0.15) is 0 Å². The molecule has 0 aromatic carbocycles. The Morgan fingerprint density at radius 3 is 2.38 bits per heavy atom. The van der Waals surface area contributed by atoms with Gasteiger partial charge >= 0.3 is 5.97 Å². The number of carbonyl (C=O) groups is 3. The number of ether oxygens (including phenoxy) is 1. The van der Waals surface area contributed by atoms with Crippen LogP contribution < -0.4 is 0 Å². The molecule has 0 aliphatic heterocycles. The Bertz CT molecular complexity index is 230. The van der Waals surface area contributed by atoms with Crippen molar-refractivity contribution < 1.29 is 19.1 Å². The molecule has 0 rings (SSSR count). The summed E-state index contributed by atoms with van der Waals surface area (Å²) in [6.45, 7) is 4.36. The molecule has 0 aliphatic carbocycles. The van der Waals surface area contributed by atoms with Crippen molar-refractivity contribution in [2.75, 3.05) is 6.61 Å². The van der Waals surface area contributed by atoms with Crippen LogP contribution in [0.2, 0.25) is 0 Å². The lowest BCUT2D eigenvalue weighted by Crippen LogP contribution is -2.11. The molecule has 0 bridgehead atoms. The van der Waals surface area contributed by atoms with E-state index in [1.165, 1.54) is 6.92 Å². The lowest BCUT2D eigenvalue weighted by Gasteiger charge is -1.99. The smallest absolute Gasteiger partial charge is 0.306 e. The van der Waals surface area contributed by atoms with Crippen LogP contribution in [0.25, 0.3) is 0 Å². The number of Topliss-reactive ketones (excluding diaryl/α,β-unsaturated/α-hetero) is 1. The van der Waals surface area contributed by atoms with Crippen molar-refractivity contribution >= 4 is 17.5 Å². The maximum atomic E-state index is 10.8. The molecule has 0 N–H and O–H groups in total. The first kappa shape index (κ1) is 11.6.